The van der Waals surface area contributed by atoms with Crippen molar-refractivity contribution >= 4 is 29.0 Å². The fourth-order valence-electron chi connectivity index (χ4n) is 1.27. The van der Waals surface area contributed by atoms with Crippen molar-refractivity contribution in [3.05, 3.63) is 51.4 Å². The van der Waals surface area contributed by atoms with Gasteiger partial charge in [-0.3, -0.25) is 14.9 Å². The average molecular weight is 280 g/mol. The fourth-order valence-corrected chi connectivity index (χ4v) is 1.42. The Labute approximate surface area is 111 Å². The van der Waals surface area contributed by atoms with E-state index >= 15 is 0 Å². The molecule has 0 aliphatic heterocycles. The molecule has 2 rings (SSSR count). The second kappa shape index (κ2) is 5.36. The smallest absolute Gasteiger partial charge is 0.301 e. The maximum Gasteiger partial charge on any atom is 0.311 e. The first-order valence-corrected chi connectivity index (χ1v) is 5.34. The van der Waals surface area contributed by atoms with Gasteiger partial charge in [0.2, 0.25) is 5.82 Å². The van der Waals surface area contributed by atoms with Crippen LogP contribution < -0.4 is 5.32 Å². The third-order valence-electron chi connectivity index (χ3n) is 2.12. The van der Waals surface area contributed by atoms with E-state index in [4.69, 9.17) is 11.6 Å². The zero-order chi connectivity index (χ0) is 13.8. The molecular weight excluding hydrogens is 274 g/mol. The molecule has 2 aromatic heterocycles. The van der Waals surface area contributed by atoms with Gasteiger partial charge in [-0.25, -0.2) is 4.98 Å². The number of carbonyl (C=O) groups is 1. The first-order chi connectivity index (χ1) is 9.08. The number of carbonyl (C=O) groups excluding carboxylic acids is 1. The van der Waals surface area contributed by atoms with Gasteiger partial charge in [-0.2, -0.15) is 10.2 Å². The van der Waals surface area contributed by atoms with E-state index in [9.17, 15) is 14.9 Å². The quantitative estimate of drug-likeness (QED) is 0.520. The van der Waals surface area contributed by atoms with Gasteiger partial charge < -0.3 is 5.32 Å². The Morgan fingerprint density at radius 1 is 1.32 bits per heavy atom. The van der Waals surface area contributed by atoms with Gasteiger partial charge in [0, 0.05) is 6.07 Å². The number of rotatable bonds is 3. The van der Waals surface area contributed by atoms with Crippen molar-refractivity contribution in [3.63, 3.8) is 0 Å². The molecule has 0 radical (unpaired) electrons. The second-order valence-electron chi connectivity index (χ2n) is 3.34. The van der Waals surface area contributed by atoms with Gasteiger partial charge in [0.05, 0.1) is 22.9 Å². The van der Waals surface area contributed by atoms with Gasteiger partial charge in [0.25, 0.3) is 5.91 Å². The molecule has 0 aromatic carbocycles. The topological polar surface area (TPSA) is 111 Å². The Morgan fingerprint density at radius 2 is 2.11 bits per heavy atom. The molecule has 96 valence electrons. The van der Waals surface area contributed by atoms with Crippen molar-refractivity contribution in [1.29, 1.82) is 0 Å². The highest BCUT2D eigenvalue weighted by Gasteiger charge is 2.18. The van der Waals surface area contributed by atoms with Gasteiger partial charge in [0.15, 0.2) is 0 Å². The molecule has 2 heterocycles. The number of nitro groups is 1. The maximum absolute atomic E-state index is 11.8. The highest BCUT2D eigenvalue weighted by molar-refractivity contribution is 6.29. The molecule has 0 atom stereocenters. The Morgan fingerprint density at radius 3 is 2.74 bits per heavy atom. The molecule has 0 fully saturated rings. The van der Waals surface area contributed by atoms with Gasteiger partial charge in [-0.15, -0.1) is 0 Å². The number of nitrogens with one attached hydrogen (secondary N) is 1. The second-order valence-corrected chi connectivity index (χ2v) is 3.73. The number of anilines is 1. The van der Waals surface area contributed by atoms with Crippen molar-refractivity contribution in [2.24, 2.45) is 0 Å². The summed E-state index contributed by atoms with van der Waals surface area (Å²) in [5.41, 5.74) is -0.147. The van der Waals surface area contributed by atoms with E-state index in [1.165, 1.54) is 24.5 Å². The van der Waals surface area contributed by atoms with Crippen LogP contribution in [0, 0.1) is 10.1 Å². The summed E-state index contributed by atoms with van der Waals surface area (Å²) in [7, 11) is 0. The van der Waals surface area contributed by atoms with Crippen LogP contribution in [0.4, 0.5) is 11.5 Å². The zero-order valence-electron chi connectivity index (χ0n) is 9.28. The molecule has 1 N–H and O–H groups in total. The summed E-state index contributed by atoms with van der Waals surface area (Å²) in [6, 6.07) is 3.85. The van der Waals surface area contributed by atoms with Crippen molar-refractivity contribution in [2.45, 2.75) is 0 Å². The molecule has 19 heavy (non-hydrogen) atoms. The fraction of sp³-hybridized carbons (Fsp3) is 0. The molecular formula is C10H6ClN5O3. The van der Waals surface area contributed by atoms with Crippen LogP contribution in [0.5, 0.6) is 0 Å². The zero-order valence-corrected chi connectivity index (χ0v) is 10.0. The molecule has 0 saturated heterocycles. The summed E-state index contributed by atoms with van der Waals surface area (Å²) in [4.78, 5) is 25.7. The summed E-state index contributed by atoms with van der Waals surface area (Å²) in [6.07, 6.45) is 2.56. The minimum atomic E-state index is -0.663. The molecule has 0 aliphatic rings. The molecule has 8 nitrogen and oxygen atoms in total. The highest BCUT2D eigenvalue weighted by atomic mass is 35.5. The van der Waals surface area contributed by atoms with Crippen LogP contribution in [0.2, 0.25) is 5.15 Å². The molecule has 1 amide bonds. The monoisotopic (exact) mass is 279 g/mol. The predicted molar refractivity (Wildman–Crippen MR) is 65.9 cm³/mol. The number of hydrogen-bond acceptors (Lipinski definition) is 6. The summed E-state index contributed by atoms with van der Waals surface area (Å²) in [5.74, 6) is -0.813. The summed E-state index contributed by atoms with van der Waals surface area (Å²) in [6.45, 7) is 0. The van der Waals surface area contributed by atoms with Crippen molar-refractivity contribution in [2.75, 3.05) is 5.32 Å². The minimum Gasteiger partial charge on any atom is -0.301 e. The first-order valence-electron chi connectivity index (χ1n) is 4.97. The SMILES string of the molecule is O=C(Nc1nc(Cl)ccc1[N+](=O)[O-])c1ccnnc1. The normalized spacial score (nSPS) is 9.95. The lowest BCUT2D eigenvalue weighted by Crippen LogP contribution is -2.14. The molecule has 0 spiro atoms. The van der Waals surface area contributed by atoms with E-state index in [1.54, 1.807) is 0 Å². The molecule has 0 saturated carbocycles. The van der Waals surface area contributed by atoms with E-state index in [0.29, 0.717) is 0 Å². The van der Waals surface area contributed by atoms with E-state index in [2.05, 4.69) is 20.5 Å². The third kappa shape index (κ3) is 2.99. The first kappa shape index (κ1) is 12.8. The van der Waals surface area contributed by atoms with Gasteiger partial charge in [-0.05, 0) is 12.1 Å². The van der Waals surface area contributed by atoms with Gasteiger partial charge in [-0.1, -0.05) is 11.6 Å². The van der Waals surface area contributed by atoms with Crippen LogP contribution in [0.3, 0.4) is 0 Å². The number of aromatic nitrogens is 3. The Kier molecular flexibility index (Phi) is 3.62. The van der Waals surface area contributed by atoms with E-state index in [-0.39, 0.29) is 22.2 Å². The van der Waals surface area contributed by atoms with E-state index in [0.717, 1.165) is 6.07 Å². The van der Waals surface area contributed by atoms with Crippen LogP contribution >= 0.6 is 11.6 Å². The van der Waals surface area contributed by atoms with E-state index in [1.807, 2.05) is 0 Å². The van der Waals surface area contributed by atoms with Crippen LogP contribution in [0.1, 0.15) is 10.4 Å². The highest BCUT2D eigenvalue weighted by Crippen LogP contribution is 2.24. The van der Waals surface area contributed by atoms with Gasteiger partial charge >= 0.3 is 5.69 Å². The summed E-state index contributed by atoms with van der Waals surface area (Å²) < 4.78 is 0. The summed E-state index contributed by atoms with van der Waals surface area (Å²) in [5, 5.41) is 20.2. The number of pyridine rings is 1. The number of hydrogen-bond donors (Lipinski definition) is 1. The third-order valence-corrected chi connectivity index (χ3v) is 2.33. The molecule has 0 bridgehead atoms. The van der Waals surface area contributed by atoms with Crippen LogP contribution in [-0.4, -0.2) is 26.0 Å². The lowest BCUT2D eigenvalue weighted by molar-refractivity contribution is -0.384. The largest absolute Gasteiger partial charge is 0.311 e. The van der Waals surface area contributed by atoms with E-state index < -0.39 is 10.8 Å². The molecule has 9 heteroatoms. The Balaban J connectivity index is 2.31. The lowest BCUT2D eigenvalue weighted by atomic mass is 10.3. The predicted octanol–water partition coefficient (Wildman–Crippen LogP) is 1.69. The summed E-state index contributed by atoms with van der Waals surface area (Å²) >= 11 is 5.64. The lowest BCUT2D eigenvalue weighted by Gasteiger charge is -2.04. The van der Waals surface area contributed by atoms with Crippen molar-refractivity contribution in [1.82, 2.24) is 15.2 Å². The number of nitrogens with zero attached hydrogens (tertiary/aromatic N) is 4. The minimum absolute atomic E-state index is 0.0359. The molecule has 2 aromatic rings. The van der Waals surface area contributed by atoms with Gasteiger partial charge in [0.1, 0.15) is 5.15 Å². The number of halogens is 1. The van der Waals surface area contributed by atoms with Crippen molar-refractivity contribution in [3.8, 4) is 0 Å². The number of amides is 1. The van der Waals surface area contributed by atoms with Crippen molar-refractivity contribution < 1.29 is 9.72 Å². The average Bonchev–Trinajstić information content (AvgIpc) is 2.39. The molecule has 0 aliphatic carbocycles. The standard InChI is InChI=1S/C10H6ClN5O3/c11-8-2-1-7(16(18)19)9(14-8)15-10(17)6-3-4-12-13-5-6/h1-5H,(H,14,15,17). The molecule has 0 unspecified atom stereocenters. The van der Waals surface area contributed by atoms with Crippen LogP contribution in [0.15, 0.2) is 30.6 Å². The Bertz CT molecular complexity index is 634. The Hall–Kier alpha value is -2.61. The maximum atomic E-state index is 11.8. The van der Waals surface area contributed by atoms with Crippen LogP contribution in [-0.2, 0) is 0 Å². The van der Waals surface area contributed by atoms with Crippen LogP contribution in [0.25, 0.3) is 0 Å².